The molecule has 2 heteroatoms. The number of carbonyl (C=O) groups is 1. The average Bonchev–Trinajstić information content (AvgIpc) is 2.88. The van der Waals surface area contributed by atoms with Gasteiger partial charge in [0, 0.05) is 11.0 Å². The summed E-state index contributed by atoms with van der Waals surface area (Å²) in [6.07, 6.45) is 13.7. The third-order valence-electron chi connectivity index (χ3n) is 7.55. The minimum absolute atomic E-state index is 0.0224. The van der Waals surface area contributed by atoms with Gasteiger partial charge < -0.3 is 5.32 Å². The van der Waals surface area contributed by atoms with Gasteiger partial charge in [0.15, 0.2) is 0 Å². The Balaban J connectivity index is 1.72. The van der Waals surface area contributed by atoms with Gasteiger partial charge in [0.2, 0.25) is 5.91 Å². The third kappa shape index (κ3) is 1.54. The zero-order valence-electron chi connectivity index (χ0n) is 12.8. The normalized spacial score (nSPS) is 53.8. The molecule has 110 valence electrons. The molecule has 0 aromatic carbocycles. The molecule has 1 N–H and O–H groups in total. The Morgan fingerprint density at radius 1 is 1.10 bits per heavy atom. The minimum Gasteiger partial charge on any atom is -0.347 e. The van der Waals surface area contributed by atoms with Crippen molar-refractivity contribution in [3.8, 4) is 0 Å². The summed E-state index contributed by atoms with van der Waals surface area (Å²) in [6.45, 7) is 4.69. The number of nitrogens with one attached hydrogen (secondary N) is 1. The Kier molecular flexibility index (Phi) is 2.66. The van der Waals surface area contributed by atoms with E-state index in [-0.39, 0.29) is 16.9 Å². The van der Waals surface area contributed by atoms with Crippen molar-refractivity contribution < 1.29 is 4.79 Å². The zero-order valence-corrected chi connectivity index (χ0v) is 12.8. The first kappa shape index (κ1) is 12.9. The lowest BCUT2D eigenvalue weighted by atomic mass is 9.47. The smallest absolute Gasteiger partial charge is 0.244 e. The quantitative estimate of drug-likeness (QED) is 0.717. The van der Waals surface area contributed by atoms with Crippen molar-refractivity contribution in [1.82, 2.24) is 5.32 Å². The van der Waals surface area contributed by atoms with Gasteiger partial charge in [-0.15, -0.1) is 0 Å². The van der Waals surface area contributed by atoms with Crippen molar-refractivity contribution in [1.29, 1.82) is 0 Å². The molecule has 4 rings (SSSR count). The standard InChI is InChI=1S/C18H27NO/c1-17-10-9-16(20)19-18(17,2)11-8-14-13-5-3-4-12(13)6-7-15(14)17/h9-10,12-15H,3-8,11H2,1-2H3,(H,19,20). The number of hydrogen-bond donors (Lipinski definition) is 1. The second-order valence-electron chi connectivity index (χ2n) is 8.18. The summed E-state index contributed by atoms with van der Waals surface area (Å²) < 4.78 is 0. The molecule has 0 aromatic rings. The summed E-state index contributed by atoms with van der Waals surface area (Å²) in [5.74, 6) is 3.80. The van der Waals surface area contributed by atoms with Crippen LogP contribution in [0.15, 0.2) is 12.2 Å². The lowest BCUT2D eigenvalue weighted by Gasteiger charge is -2.61. The lowest BCUT2D eigenvalue weighted by Crippen LogP contribution is -2.65. The van der Waals surface area contributed by atoms with Crippen molar-refractivity contribution in [2.45, 2.75) is 64.3 Å². The summed E-state index contributed by atoms with van der Waals surface area (Å²) in [5.41, 5.74) is 0.142. The maximum atomic E-state index is 11.8. The van der Waals surface area contributed by atoms with Crippen LogP contribution in [0, 0.1) is 29.1 Å². The maximum absolute atomic E-state index is 11.8. The topological polar surface area (TPSA) is 29.1 Å². The summed E-state index contributed by atoms with van der Waals surface area (Å²) in [7, 11) is 0. The zero-order chi connectivity index (χ0) is 14.0. The summed E-state index contributed by atoms with van der Waals surface area (Å²) in [6, 6.07) is 0. The van der Waals surface area contributed by atoms with Crippen LogP contribution in [-0.2, 0) is 4.79 Å². The molecule has 3 saturated carbocycles. The van der Waals surface area contributed by atoms with Gasteiger partial charge in [-0.2, -0.15) is 0 Å². The molecule has 1 amide bonds. The highest BCUT2D eigenvalue weighted by Gasteiger charge is 2.58. The molecule has 3 fully saturated rings. The highest BCUT2D eigenvalue weighted by Crippen LogP contribution is 2.61. The highest BCUT2D eigenvalue weighted by atomic mass is 16.1. The van der Waals surface area contributed by atoms with Crippen LogP contribution >= 0.6 is 0 Å². The largest absolute Gasteiger partial charge is 0.347 e. The van der Waals surface area contributed by atoms with Gasteiger partial charge in [-0.05, 0) is 68.8 Å². The van der Waals surface area contributed by atoms with Crippen LogP contribution in [0.25, 0.3) is 0 Å². The van der Waals surface area contributed by atoms with E-state index < -0.39 is 0 Å². The van der Waals surface area contributed by atoms with Crippen LogP contribution < -0.4 is 5.32 Å². The Labute approximate surface area is 122 Å². The minimum atomic E-state index is -0.0224. The van der Waals surface area contributed by atoms with Crippen molar-refractivity contribution in [2.75, 3.05) is 0 Å². The molecular formula is C18H27NO. The van der Waals surface area contributed by atoms with Gasteiger partial charge in [-0.3, -0.25) is 4.79 Å². The van der Waals surface area contributed by atoms with Gasteiger partial charge >= 0.3 is 0 Å². The summed E-state index contributed by atoms with van der Waals surface area (Å²) >= 11 is 0. The highest BCUT2D eigenvalue weighted by molar-refractivity contribution is 5.89. The molecule has 6 atom stereocenters. The molecule has 4 aliphatic rings. The molecule has 20 heavy (non-hydrogen) atoms. The number of hydrogen-bond acceptors (Lipinski definition) is 1. The SMILES string of the molecule is CC12CCC3C4CCCC4CCC3C1(C)C=CC(=O)N2. The number of amides is 1. The predicted octanol–water partition coefficient (Wildman–Crippen LogP) is 3.67. The molecule has 0 saturated heterocycles. The Hall–Kier alpha value is -0.790. The first-order valence-electron chi connectivity index (χ1n) is 8.55. The summed E-state index contributed by atoms with van der Waals surface area (Å²) in [4.78, 5) is 11.8. The van der Waals surface area contributed by atoms with E-state index in [0.29, 0.717) is 0 Å². The summed E-state index contributed by atoms with van der Waals surface area (Å²) in [5, 5.41) is 3.30. The van der Waals surface area contributed by atoms with Crippen LogP contribution in [0.4, 0.5) is 0 Å². The fourth-order valence-corrected chi connectivity index (χ4v) is 6.25. The fraction of sp³-hybridized carbons (Fsp3) is 0.833. The molecule has 0 bridgehead atoms. The van der Waals surface area contributed by atoms with Crippen molar-refractivity contribution >= 4 is 5.91 Å². The van der Waals surface area contributed by atoms with E-state index in [2.05, 4.69) is 25.2 Å². The molecule has 2 nitrogen and oxygen atoms in total. The van der Waals surface area contributed by atoms with Crippen LogP contribution in [0.2, 0.25) is 0 Å². The predicted molar refractivity (Wildman–Crippen MR) is 80.1 cm³/mol. The molecular weight excluding hydrogens is 246 g/mol. The Bertz CT molecular complexity index is 470. The van der Waals surface area contributed by atoms with Gasteiger partial charge in [0.25, 0.3) is 0 Å². The van der Waals surface area contributed by atoms with Gasteiger partial charge in [-0.25, -0.2) is 0 Å². The van der Waals surface area contributed by atoms with E-state index in [4.69, 9.17) is 0 Å². The van der Waals surface area contributed by atoms with E-state index in [1.807, 2.05) is 0 Å². The van der Waals surface area contributed by atoms with Gasteiger partial charge in [0.05, 0.1) is 0 Å². The monoisotopic (exact) mass is 273 g/mol. The van der Waals surface area contributed by atoms with Crippen LogP contribution in [0.3, 0.4) is 0 Å². The third-order valence-corrected chi connectivity index (χ3v) is 7.55. The van der Waals surface area contributed by atoms with E-state index in [1.54, 1.807) is 6.08 Å². The molecule has 0 radical (unpaired) electrons. The average molecular weight is 273 g/mol. The fourth-order valence-electron chi connectivity index (χ4n) is 6.25. The molecule has 3 aliphatic carbocycles. The molecule has 1 aliphatic heterocycles. The second kappa shape index (κ2) is 4.11. The number of rotatable bonds is 0. The second-order valence-corrected chi connectivity index (χ2v) is 8.18. The molecule has 0 aromatic heterocycles. The maximum Gasteiger partial charge on any atom is 0.244 e. The first-order chi connectivity index (χ1) is 9.53. The Morgan fingerprint density at radius 2 is 1.95 bits per heavy atom. The molecule has 1 heterocycles. The van der Waals surface area contributed by atoms with Crippen molar-refractivity contribution in [3.63, 3.8) is 0 Å². The van der Waals surface area contributed by atoms with Crippen LogP contribution in [0.1, 0.15) is 58.8 Å². The number of carbonyl (C=O) groups excluding carboxylic acids is 1. The molecule has 6 unspecified atom stereocenters. The van der Waals surface area contributed by atoms with E-state index in [1.165, 1.54) is 38.5 Å². The van der Waals surface area contributed by atoms with Gasteiger partial charge in [0.1, 0.15) is 0 Å². The first-order valence-corrected chi connectivity index (χ1v) is 8.55. The van der Waals surface area contributed by atoms with Crippen molar-refractivity contribution in [3.05, 3.63) is 12.2 Å². The van der Waals surface area contributed by atoms with E-state index in [9.17, 15) is 4.79 Å². The van der Waals surface area contributed by atoms with Gasteiger partial charge in [-0.1, -0.05) is 25.8 Å². The van der Waals surface area contributed by atoms with Crippen LogP contribution in [0.5, 0.6) is 0 Å². The van der Waals surface area contributed by atoms with Crippen molar-refractivity contribution in [2.24, 2.45) is 29.1 Å². The lowest BCUT2D eigenvalue weighted by molar-refractivity contribution is -0.126. The van der Waals surface area contributed by atoms with E-state index >= 15 is 0 Å². The molecule has 0 spiro atoms. The number of fused-ring (bicyclic) bond motifs is 5. The Morgan fingerprint density at radius 3 is 2.80 bits per heavy atom. The van der Waals surface area contributed by atoms with E-state index in [0.717, 1.165) is 30.1 Å². The van der Waals surface area contributed by atoms with Crippen LogP contribution in [-0.4, -0.2) is 11.4 Å².